The van der Waals surface area contributed by atoms with E-state index in [9.17, 15) is 14.0 Å². The highest BCUT2D eigenvalue weighted by Gasteiger charge is 2.22. The molecule has 5 nitrogen and oxygen atoms in total. The number of carbonyl (C=O) groups is 2. The zero-order valence-electron chi connectivity index (χ0n) is 13.3. The van der Waals surface area contributed by atoms with Gasteiger partial charge in [0, 0.05) is 0 Å². The zero-order valence-corrected chi connectivity index (χ0v) is 13.3. The first-order valence-electron chi connectivity index (χ1n) is 7.19. The SMILES string of the molecule is CCCCc1cc(F)c(C(=O)O)c(NC(=O)OC(C)(C)C)c1. The summed E-state index contributed by atoms with van der Waals surface area (Å²) in [5.41, 5.74) is -0.749. The standard InChI is InChI=1S/C16H22FNO4/c1-5-6-7-10-8-11(17)13(14(19)20)12(9-10)18-15(21)22-16(2,3)4/h8-9H,5-7H2,1-4H3,(H,18,21)(H,19,20). The van der Waals surface area contributed by atoms with Gasteiger partial charge in [0.2, 0.25) is 0 Å². The van der Waals surface area contributed by atoms with E-state index in [2.05, 4.69) is 5.32 Å². The lowest BCUT2D eigenvalue weighted by molar-refractivity contribution is 0.0636. The fourth-order valence-electron chi connectivity index (χ4n) is 1.92. The molecule has 0 heterocycles. The van der Waals surface area contributed by atoms with Gasteiger partial charge >= 0.3 is 12.1 Å². The van der Waals surface area contributed by atoms with Crippen LogP contribution in [-0.4, -0.2) is 22.8 Å². The number of carboxylic acids is 1. The lowest BCUT2D eigenvalue weighted by Crippen LogP contribution is -2.28. The average Bonchev–Trinajstić information content (AvgIpc) is 2.32. The number of nitrogens with one attached hydrogen (secondary N) is 1. The Labute approximate surface area is 129 Å². The van der Waals surface area contributed by atoms with E-state index in [0.29, 0.717) is 12.0 Å². The minimum absolute atomic E-state index is 0.0900. The van der Waals surface area contributed by atoms with E-state index in [1.54, 1.807) is 20.8 Å². The van der Waals surface area contributed by atoms with Gasteiger partial charge < -0.3 is 9.84 Å². The van der Waals surface area contributed by atoms with Gasteiger partial charge in [-0.3, -0.25) is 5.32 Å². The molecule has 0 saturated heterocycles. The van der Waals surface area contributed by atoms with Crippen LogP contribution < -0.4 is 5.32 Å². The monoisotopic (exact) mass is 311 g/mol. The molecule has 1 aromatic rings. The quantitative estimate of drug-likeness (QED) is 0.854. The Morgan fingerprint density at radius 1 is 1.32 bits per heavy atom. The number of aromatic carboxylic acids is 1. The first kappa shape index (κ1) is 17.9. The van der Waals surface area contributed by atoms with Crippen LogP contribution in [0.4, 0.5) is 14.9 Å². The molecule has 0 bridgehead atoms. The van der Waals surface area contributed by atoms with Gasteiger partial charge in [0.15, 0.2) is 0 Å². The molecule has 0 aliphatic carbocycles. The predicted molar refractivity (Wildman–Crippen MR) is 81.8 cm³/mol. The maximum atomic E-state index is 14.0. The van der Waals surface area contributed by atoms with Crippen molar-refractivity contribution in [2.45, 2.75) is 52.6 Å². The number of ether oxygens (including phenoxy) is 1. The van der Waals surface area contributed by atoms with Crippen LogP contribution in [0.2, 0.25) is 0 Å². The average molecular weight is 311 g/mol. The van der Waals surface area contributed by atoms with Gasteiger partial charge in [-0.05, 0) is 51.3 Å². The van der Waals surface area contributed by atoms with Crippen molar-refractivity contribution in [1.82, 2.24) is 0 Å². The molecule has 22 heavy (non-hydrogen) atoms. The Bertz CT molecular complexity index is 564. The fraction of sp³-hybridized carbons (Fsp3) is 0.500. The number of benzene rings is 1. The number of aryl methyl sites for hydroxylation is 1. The largest absolute Gasteiger partial charge is 0.478 e. The summed E-state index contributed by atoms with van der Waals surface area (Å²) in [6.45, 7) is 7.05. The van der Waals surface area contributed by atoms with Crippen LogP contribution in [0.1, 0.15) is 56.5 Å². The molecule has 0 aliphatic rings. The van der Waals surface area contributed by atoms with Gasteiger partial charge in [-0.25, -0.2) is 14.0 Å². The third-order valence-corrected chi connectivity index (χ3v) is 2.82. The highest BCUT2D eigenvalue weighted by Crippen LogP contribution is 2.24. The summed E-state index contributed by atoms with van der Waals surface area (Å²) in [5, 5.41) is 11.5. The second-order valence-electron chi connectivity index (χ2n) is 6.04. The Morgan fingerprint density at radius 2 is 1.95 bits per heavy atom. The molecule has 1 rings (SSSR count). The molecule has 0 radical (unpaired) electrons. The maximum absolute atomic E-state index is 14.0. The molecule has 0 aromatic heterocycles. The maximum Gasteiger partial charge on any atom is 0.412 e. The van der Waals surface area contributed by atoms with E-state index >= 15 is 0 Å². The smallest absolute Gasteiger partial charge is 0.412 e. The molecule has 0 spiro atoms. The molecule has 122 valence electrons. The van der Waals surface area contributed by atoms with E-state index < -0.39 is 29.0 Å². The highest BCUT2D eigenvalue weighted by atomic mass is 19.1. The first-order chi connectivity index (χ1) is 10.1. The highest BCUT2D eigenvalue weighted by molar-refractivity contribution is 5.99. The van der Waals surface area contributed by atoms with Gasteiger partial charge in [-0.2, -0.15) is 0 Å². The van der Waals surface area contributed by atoms with Gasteiger partial charge in [0.05, 0.1) is 5.69 Å². The Balaban J connectivity index is 3.10. The molecule has 1 amide bonds. The zero-order chi connectivity index (χ0) is 16.9. The van der Waals surface area contributed by atoms with Crippen molar-refractivity contribution in [2.75, 3.05) is 5.32 Å². The summed E-state index contributed by atoms with van der Waals surface area (Å²) in [4.78, 5) is 23.0. The van der Waals surface area contributed by atoms with Crippen molar-refractivity contribution in [3.8, 4) is 0 Å². The van der Waals surface area contributed by atoms with Crippen LogP contribution in [0.3, 0.4) is 0 Å². The normalized spacial score (nSPS) is 11.1. The van der Waals surface area contributed by atoms with Crippen molar-refractivity contribution in [3.05, 3.63) is 29.1 Å². The van der Waals surface area contributed by atoms with Crippen LogP contribution in [0, 0.1) is 5.82 Å². The van der Waals surface area contributed by atoms with Crippen molar-refractivity contribution in [1.29, 1.82) is 0 Å². The third-order valence-electron chi connectivity index (χ3n) is 2.82. The fourth-order valence-corrected chi connectivity index (χ4v) is 1.92. The predicted octanol–water partition coefficient (Wildman–Crippen LogP) is 4.21. The summed E-state index contributed by atoms with van der Waals surface area (Å²) in [6.07, 6.45) is 1.56. The number of hydrogen-bond acceptors (Lipinski definition) is 3. The summed E-state index contributed by atoms with van der Waals surface area (Å²) in [6, 6.07) is 2.67. The Hall–Kier alpha value is -2.11. The van der Waals surface area contributed by atoms with Gasteiger partial charge in [-0.1, -0.05) is 13.3 Å². The molecule has 0 aliphatic heterocycles. The third kappa shape index (κ3) is 5.35. The summed E-state index contributed by atoms with van der Waals surface area (Å²) in [7, 11) is 0. The lowest BCUT2D eigenvalue weighted by atomic mass is 10.0. The van der Waals surface area contributed by atoms with E-state index in [0.717, 1.165) is 12.8 Å². The number of anilines is 1. The number of unbranched alkanes of at least 4 members (excludes halogenated alkanes) is 1. The molecular weight excluding hydrogens is 289 g/mol. The molecule has 0 unspecified atom stereocenters. The summed E-state index contributed by atoms with van der Waals surface area (Å²) >= 11 is 0. The van der Waals surface area contributed by atoms with Crippen molar-refractivity contribution < 1.29 is 23.8 Å². The van der Waals surface area contributed by atoms with Crippen molar-refractivity contribution >= 4 is 17.7 Å². The van der Waals surface area contributed by atoms with Gasteiger partial charge in [-0.15, -0.1) is 0 Å². The number of carboxylic acid groups (broad SMARTS) is 1. The Morgan fingerprint density at radius 3 is 2.45 bits per heavy atom. The number of rotatable bonds is 5. The summed E-state index contributed by atoms with van der Waals surface area (Å²) in [5.74, 6) is -2.31. The minimum atomic E-state index is -1.44. The molecular formula is C16H22FNO4. The topological polar surface area (TPSA) is 75.6 Å². The molecule has 1 aromatic carbocycles. The molecule has 0 saturated carbocycles. The molecule has 2 N–H and O–H groups in total. The van der Waals surface area contributed by atoms with Crippen molar-refractivity contribution in [3.63, 3.8) is 0 Å². The van der Waals surface area contributed by atoms with Crippen LogP contribution >= 0.6 is 0 Å². The lowest BCUT2D eigenvalue weighted by Gasteiger charge is -2.20. The second kappa shape index (κ2) is 7.24. The van der Waals surface area contributed by atoms with Crippen LogP contribution in [-0.2, 0) is 11.2 Å². The number of halogens is 1. The van der Waals surface area contributed by atoms with Crippen molar-refractivity contribution in [2.24, 2.45) is 0 Å². The molecule has 6 heteroatoms. The summed E-state index contributed by atoms with van der Waals surface area (Å²) < 4.78 is 19.1. The van der Waals surface area contributed by atoms with E-state index in [1.807, 2.05) is 6.92 Å². The Kier molecular flexibility index (Phi) is 5.91. The van der Waals surface area contributed by atoms with E-state index in [1.165, 1.54) is 12.1 Å². The van der Waals surface area contributed by atoms with E-state index in [-0.39, 0.29) is 5.69 Å². The minimum Gasteiger partial charge on any atom is -0.478 e. The first-order valence-corrected chi connectivity index (χ1v) is 7.19. The second-order valence-corrected chi connectivity index (χ2v) is 6.04. The van der Waals surface area contributed by atoms with Crippen LogP contribution in [0.5, 0.6) is 0 Å². The van der Waals surface area contributed by atoms with Gasteiger partial charge in [0.25, 0.3) is 0 Å². The number of amides is 1. The van der Waals surface area contributed by atoms with E-state index in [4.69, 9.17) is 9.84 Å². The van der Waals surface area contributed by atoms with Gasteiger partial charge in [0.1, 0.15) is 17.0 Å². The molecule has 0 atom stereocenters. The number of carbonyl (C=O) groups excluding carboxylic acids is 1. The van der Waals surface area contributed by atoms with Crippen LogP contribution in [0.25, 0.3) is 0 Å². The van der Waals surface area contributed by atoms with Crippen LogP contribution in [0.15, 0.2) is 12.1 Å². The molecule has 0 fully saturated rings. The number of hydrogen-bond donors (Lipinski definition) is 2.